The van der Waals surface area contributed by atoms with Gasteiger partial charge < -0.3 is 10.1 Å². The normalized spacial score (nSPS) is 18.6. The molecule has 2 heterocycles. The van der Waals surface area contributed by atoms with Crippen molar-refractivity contribution in [3.05, 3.63) is 53.6 Å². The predicted octanol–water partition coefficient (Wildman–Crippen LogP) is 2.12. The molecule has 1 saturated heterocycles. The molecule has 0 bridgehead atoms. The number of hydrogen-bond donors (Lipinski definition) is 1. The van der Waals surface area contributed by atoms with Crippen molar-refractivity contribution in [2.75, 3.05) is 26.7 Å². The van der Waals surface area contributed by atoms with Gasteiger partial charge in [-0.05, 0) is 23.8 Å². The number of nitrogens with one attached hydrogen (secondary N) is 1. The molecule has 6 nitrogen and oxygen atoms in total. The predicted molar refractivity (Wildman–Crippen MR) is 97.5 cm³/mol. The summed E-state index contributed by atoms with van der Waals surface area (Å²) in [6, 6.07) is 15.0. The van der Waals surface area contributed by atoms with Crippen LogP contribution in [0.25, 0.3) is 11.0 Å². The van der Waals surface area contributed by atoms with Crippen molar-refractivity contribution in [1.29, 1.82) is 0 Å². The number of aryl methyl sites for hydroxylation is 1. The van der Waals surface area contributed by atoms with Gasteiger partial charge in [0.1, 0.15) is 11.3 Å². The Morgan fingerprint density at radius 1 is 1.24 bits per heavy atom. The number of fused-ring (bicyclic) bond motifs is 1. The molecule has 1 N–H and O–H groups in total. The van der Waals surface area contributed by atoms with Crippen molar-refractivity contribution < 1.29 is 4.74 Å². The van der Waals surface area contributed by atoms with E-state index in [-0.39, 0.29) is 0 Å². The highest BCUT2D eigenvalue weighted by Crippen LogP contribution is 2.31. The van der Waals surface area contributed by atoms with Gasteiger partial charge in [-0.25, -0.2) is 4.68 Å². The molecule has 3 aromatic rings. The minimum absolute atomic E-state index is 0.294. The van der Waals surface area contributed by atoms with Crippen LogP contribution in [0.2, 0.25) is 0 Å². The first-order valence-corrected chi connectivity index (χ1v) is 8.62. The number of rotatable bonds is 4. The van der Waals surface area contributed by atoms with E-state index >= 15 is 0 Å². The molecule has 130 valence electrons. The van der Waals surface area contributed by atoms with Crippen LogP contribution in [-0.4, -0.2) is 46.6 Å². The highest BCUT2D eigenvalue weighted by molar-refractivity contribution is 5.74. The summed E-state index contributed by atoms with van der Waals surface area (Å²) >= 11 is 0. The Bertz CT molecular complexity index is 875. The lowest BCUT2D eigenvalue weighted by molar-refractivity contribution is 0.151. The molecule has 25 heavy (non-hydrogen) atoms. The van der Waals surface area contributed by atoms with Crippen LogP contribution >= 0.6 is 0 Å². The monoisotopic (exact) mass is 337 g/mol. The highest BCUT2D eigenvalue weighted by atomic mass is 16.5. The standard InChI is InChI=1S/C19H23N5O/c1-23-17-8-7-14(11-16(17)21-22-23)13-24-10-9-20-12-18(24)15-5-3-4-6-19(15)25-2/h3-8,11,18,20H,9-10,12-13H2,1-2H3. The third kappa shape index (κ3) is 3.10. The number of hydrogen-bond acceptors (Lipinski definition) is 5. The maximum atomic E-state index is 5.58. The third-order valence-corrected chi connectivity index (χ3v) is 4.91. The fourth-order valence-corrected chi connectivity index (χ4v) is 3.60. The molecule has 1 fully saturated rings. The Morgan fingerprint density at radius 3 is 3.00 bits per heavy atom. The van der Waals surface area contributed by atoms with Crippen molar-refractivity contribution in [2.24, 2.45) is 7.05 Å². The Morgan fingerprint density at radius 2 is 2.12 bits per heavy atom. The first kappa shape index (κ1) is 16.1. The van der Waals surface area contributed by atoms with Crippen molar-refractivity contribution in [1.82, 2.24) is 25.2 Å². The molecule has 0 spiro atoms. The van der Waals surface area contributed by atoms with E-state index in [1.807, 2.05) is 23.9 Å². The number of ether oxygens (including phenoxy) is 1. The molecule has 1 aromatic heterocycles. The van der Waals surface area contributed by atoms with Gasteiger partial charge in [-0.2, -0.15) is 0 Å². The lowest BCUT2D eigenvalue weighted by Crippen LogP contribution is -2.45. The average molecular weight is 337 g/mol. The summed E-state index contributed by atoms with van der Waals surface area (Å²) in [5, 5.41) is 11.8. The molecule has 2 aromatic carbocycles. The van der Waals surface area contributed by atoms with E-state index in [9.17, 15) is 0 Å². The van der Waals surface area contributed by atoms with Crippen molar-refractivity contribution >= 4 is 11.0 Å². The van der Waals surface area contributed by atoms with Gasteiger partial charge >= 0.3 is 0 Å². The Labute approximate surface area is 147 Å². The van der Waals surface area contributed by atoms with E-state index < -0.39 is 0 Å². The molecule has 1 aliphatic heterocycles. The van der Waals surface area contributed by atoms with Gasteiger partial charge in [0.25, 0.3) is 0 Å². The molecular formula is C19H23N5O. The summed E-state index contributed by atoms with van der Waals surface area (Å²) < 4.78 is 7.39. The fraction of sp³-hybridized carbons (Fsp3) is 0.368. The molecule has 4 rings (SSSR count). The Kier molecular flexibility index (Phi) is 4.38. The smallest absolute Gasteiger partial charge is 0.123 e. The largest absolute Gasteiger partial charge is 0.496 e. The summed E-state index contributed by atoms with van der Waals surface area (Å²) in [5.74, 6) is 0.950. The number of para-hydroxylation sites is 1. The molecule has 1 atom stereocenters. The van der Waals surface area contributed by atoms with Crippen molar-refractivity contribution in [3.63, 3.8) is 0 Å². The van der Waals surface area contributed by atoms with E-state index in [2.05, 4.69) is 50.9 Å². The summed E-state index contributed by atoms with van der Waals surface area (Å²) in [7, 11) is 3.66. The second kappa shape index (κ2) is 6.82. The summed E-state index contributed by atoms with van der Waals surface area (Å²) in [5.41, 5.74) is 4.50. The summed E-state index contributed by atoms with van der Waals surface area (Å²) in [6.07, 6.45) is 0. The van der Waals surface area contributed by atoms with Crippen molar-refractivity contribution in [3.8, 4) is 5.75 Å². The molecule has 0 amide bonds. The van der Waals surface area contributed by atoms with Crippen molar-refractivity contribution in [2.45, 2.75) is 12.6 Å². The number of piperazine rings is 1. The zero-order valence-electron chi connectivity index (χ0n) is 14.6. The van der Waals surface area contributed by atoms with Crippen LogP contribution in [0.15, 0.2) is 42.5 Å². The SMILES string of the molecule is COc1ccccc1C1CNCCN1Cc1ccc2c(c1)nnn2C. The molecule has 0 saturated carbocycles. The number of aromatic nitrogens is 3. The van der Waals surface area contributed by atoms with E-state index in [0.29, 0.717) is 6.04 Å². The van der Waals surface area contributed by atoms with Crippen LogP contribution in [0.3, 0.4) is 0 Å². The summed E-state index contributed by atoms with van der Waals surface area (Å²) in [6.45, 7) is 3.81. The average Bonchev–Trinajstić information content (AvgIpc) is 3.02. The van der Waals surface area contributed by atoms with Crippen LogP contribution in [0.1, 0.15) is 17.2 Å². The topological polar surface area (TPSA) is 55.2 Å². The minimum atomic E-state index is 0.294. The van der Waals surface area contributed by atoms with Crippen LogP contribution in [0.4, 0.5) is 0 Å². The van der Waals surface area contributed by atoms with Gasteiger partial charge in [-0.3, -0.25) is 4.90 Å². The summed E-state index contributed by atoms with van der Waals surface area (Å²) in [4.78, 5) is 2.51. The zero-order chi connectivity index (χ0) is 17.2. The van der Waals surface area contributed by atoms with Crippen LogP contribution in [0.5, 0.6) is 5.75 Å². The van der Waals surface area contributed by atoms with E-state index in [4.69, 9.17) is 4.74 Å². The lowest BCUT2D eigenvalue weighted by atomic mass is 10.0. The first-order valence-electron chi connectivity index (χ1n) is 8.62. The van der Waals surface area contributed by atoms with Gasteiger partial charge in [0, 0.05) is 38.8 Å². The van der Waals surface area contributed by atoms with E-state index in [1.165, 1.54) is 11.1 Å². The maximum Gasteiger partial charge on any atom is 0.123 e. The molecule has 1 unspecified atom stereocenters. The molecule has 0 aliphatic carbocycles. The first-order chi connectivity index (χ1) is 12.3. The van der Waals surface area contributed by atoms with E-state index in [1.54, 1.807) is 7.11 Å². The lowest BCUT2D eigenvalue weighted by Gasteiger charge is -2.37. The van der Waals surface area contributed by atoms with Gasteiger partial charge in [0.15, 0.2) is 0 Å². The van der Waals surface area contributed by atoms with Gasteiger partial charge in [0.2, 0.25) is 0 Å². The van der Waals surface area contributed by atoms with Gasteiger partial charge in [-0.15, -0.1) is 5.10 Å². The van der Waals surface area contributed by atoms with Crippen LogP contribution in [-0.2, 0) is 13.6 Å². The van der Waals surface area contributed by atoms with Gasteiger partial charge in [-0.1, -0.05) is 29.5 Å². The fourth-order valence-electron chi connectivity index (χ4n) is 3.60. The maximum absolute atomic E-state index is 5.58. The molecule has 1 aliphatic rings. The molecule has 6 heteroatoms. The number of benzene rings is 2. The van der Waals surface area contributed by atoms with Gasteiger partial charge in [0.05, 0.1) is 18.7 Å². The number of methoxy groups -OCH3 is 1. The Hall–Kier alpha value is -2.44. The van der Waals surface area contributed by atoms with Crippen LogP contribution in [0, 0.1) is 0 Å². The highest BCUT2D eigenvalue weighted by Gasteiger charge is 2.26. The van der Waals surface area contributed by atoms with Crippen LogP contribution < -0.4 is 10.1 Å². The quantitative estimate of drug-likeness (QED) is 0.790. The Balaban J connectivity index is 1.62. The second-order valence-corrected chi connectivity index (χ2v) is 6.47. The third-order valence-electron chi connectivity index (χ3n) is 4.91. The van der Waals surface area contributed by atoms with E-state index in [0.717, 1.165) is 43.0 Å². The minimum Gasteiger partial charge on any atom is -0.496 e. The second-order valence-electron chi connectivity index (χ2n) is 6.47. The zero-order valence-corrected chi connectivity index (χ0v) is 14.6. The molecule has 0 radical (unpaired) electrons. The molecular weight excluding hydrogens is 314 g/mol. The number of nitrogens with zero attached hydrogens (tertiary/aromatic N) is 4.